The Balaban J connectivity index is 2.06. The van der Waals surface area contributed by atoms with E-state index < -0.39 is 8.60 Å². The molecule has 1 aliphatic rings. The normalized spacial score (nSPS) is 19.3. The molecule has 0 amide bonds. The lowest BCUT2D eigenvalue weighted by molar-refractivity contribution is 0.138. The van der Waals surface area contributed by atoms with Crippen molar-refractivity contribution >= 4 is 8.60 Å². The second-order valence-electron chi connectivity index (χ2n) is 4.67. The SMILES string of the molecule is CC(C)CCCCC1(OP(O)O)CC1. The Morgan fingerprint density at radius 3 is 2.36 bits per heavy atom. The molecule has 0 spiro atoms. The van der Waals surface area contributed by atoms with E-state index in [9.17, 15) is 0 Å². The van der Waals surface area contributed by atoms with Gasteiger partial charge in [-0.3, -0.25) is 0 Å². The Labute approximate surface area is 87.5 Å². The minimum atomic E-state index is -2.16. The molecule has 0 heterocycles. The molecule has 0 unspecified atom stereocenters. The molecule has 0 aromatic rings. The maximum absolute atomic E-state index is 8.77. The summed E-state index contributed by atoms with van der Waals surface area (Å²) in [6, 6.07) is 0. The molecule has 0 aliphatic heterocycles. The molecule has 0 saturated heterocycles. The van der Waals surface area contributed by atoms with Crippen molar-refractivity contribution in [1.82, 2.24) is 0 Å². The molecule has 1 saturated carbocycles. The van der Waals surface area contributed by atoms with E-state index in [0.29, 0.717) is 0 Å². The van der Waals surface area contributed by atoms with E-state index in [-0.39, 0.29) is 5.60 Å². The summed E-state index contributed by atoms with van der Waals surface area (Å²) in [5, 5.41) is 0. The zero-order chi connectivity index (χ0) is 10.6. The van der Waals surface area contributed by atoms with Crippen LogP contribution in [0.3, 0.4) is 0 Å². The minimum Gasteiger partial charge on any atom is -0.328 e. The summed E-state index contributed by atoms with van der Waals surface area (Å²) in [6.45, 7) is 4.45. The van der Waals surface area contributed by atoms with Crippen LogP contribution < -0.4 is 0 Å². The topological polar surface area (TPSA) is 49.7 Å². The molecular formula is C10H21O3P. The van der Waals surface area contributed by atoms with Gasteiger partial charge in [-0.15, -0.1) is 0 Å². The third kappa shape index (κ3) is 4.70. The minimum absolute atomic E-state index is 0.161. The first-order chi connectivity index (χ1) is 6.54. The van der Waals surface area contributed by atoms with E-state index in [4.69, 9.17) is 14.3 Å². The van der Waals surface area contributed by atoms with Crippen molar-refractivity contribution in [1.29, 1.82) is 0 Å². The lowest BCUT2D eigenvalue weighted by Crippen LogP contribution is -2.10. The maximum Gasteiger partial charge on any atom is 0.327 e. The Kier molecular flexibility index (Phi) is 4.78. The van der Waals surface area contributed by atoms with Crippen LogP contribution >= 0.6 is 8.60 Å². The van der Waals surface area contributed by atoms with Crippen molar-refractivity contribution in [2.45, 2.75) is 58.0 Å². The van der Waals surface area contributed by atoms with Gasteiger partial charge in [0.25, 0.3) is 0 Å². The van der Waals surface area contributed by atoms with E-state index in [1.807, 2.05) is 0 Å². The fourth-order valence-corrected chi connectivity index (χ4v) is 2.32. The van der Waals surface area contributed by atoms with Gasteiger partial charge in [0.05, 0.1) is 5.60 Å². The number of unbranched alkanes of at least 4 members (excludes halogenated alkanes) is 1. The second-order valence-corrected chi connectivity index (χ2v) is 5.35. The van der Waals surface area contributed by atoms with Crippen molar-refractivity contribution in [2.24, 2.45) is 5.92 Å². The Bertz CT molecular complexity index is 167. The maximum atomic E-state index is 8.77. The lowest BCUT2D eigenvalue weighted by atomic mass is 10.0. The van der Waals surface area contributed by atoms with Gasteiger partial charge >= 0.3 is 8.60 Å². The average Bonchev–Trinajstić information content (AvgIpc) is 2.78. The van der Waals surface area contributed by atoms with Crippen molar-refractivity contribution in [3.63, 3.8) is 0 Å². The summed E-state index contributed by atoms with van der Waals surface area (Å²) in [4.78, 5) is 17.5. The standard InChI is InChI=1S/C10H21O3P/c1-9(2)5-3-4-6-10(7-8-10)13-14(11)12/h9,11-12H,3-8H2,1-2H3. The molecule has 3 nitrogen and oxygen atoms in total. The van der Waals surface area contributed by atoms with Crippen LogP contribution in [-0.2, 0) is 4.52 Å². The first-order valence-corrected chi connectivity index (χ1v) is 6.58. The molecule has 0 aromatic carbocycles. The molecule has 1 fully saturated rings. The Hall–Kier alpha value is 0.310. The zero-order valence-electron chi connectivity index (χ0n) is 9.07. The molecule has 1 aliphatic carbocycles. The summed E-state index contributed by atoms with van der Waals surface area (Å²) in [6.07, 6.45) is 6.59. The van der Waals surface area contributed by atoms with Crippen LogP contribution in [0.25, 0.3) is 0 Å². The average molecular weight is 220 g/mol. The van der Waals surface area contributed by atoms with Crippen molar-refractivity contribution in [2.75, 3.05) is 0 Å². The van der Waals surface area contributed by atoms with Gasteiger partial charge in [-0.1, -0.05) is 33.1 Å². The smallest absolute Gasteiger partial charge is 0.327 e. The lowest BCUT2D eigenvalue weighted by Gasteiger charge is -2.16. The van der Waals surface area contributed by atoms with Gasteiger partial charge in [-0.25, -0.2) is 0 Å². The van der Waals surface area contributed by atoms with Crippen LogP contribution in [0, 0.1) is 5.92 Å². The molecule has 0 aromatic heterocycles. The third-order valence-electron chi connectivity index (χ3n) is 2.75. The van der Waals surface area contributed by atoms with Gasteiger partial charge in [-0.2, -0.15) is 0 Å². The summed E-state index contributed by atoms with van der Waals surface area (Å²) in [5.74, 6) is 0.763. The summed E-state index contributed by atoms with van der Waals surface area (Å²) in [7, 11) is -2.16. The van der Waals surface area contributed by atoms with Crippen molar-refractivity contribution in [3.8, 4) is 0 Å². The summed E-state index contributed by atoms with van der Waals surface area (Å²) >= 11 is 0. The molecule has 14 heavy (non-hydrogen) atoms. The highest BCUT2D eigenvalue weighted by Crippen LogP contribution is 2.51. The van der Waals surface area contributed by atoms with Gasteiger partial charge in [-0.05, 0) is 25.2 Å². The summed E-state index contributed by atoms with van der Waals surface area (Å²) in [5.41, 5.74) is -0.161. The van der Waals surface area contributed by atoms with Gasteiger partial charge in [0.1, 0.15) is 0 Å². The van der Waals surface area contributed by atoms with Gasteiger partial charge in [0.2, 0.25) is 0 Å². The predicted molar refractivity (Wildman–Crippen MR) is 57.7 cm³/mol. The molecule has 1 rings (SSSR count). The molecule has 2 N–H and O–H groups in total. The van der Waals surface area contributed by atoms with E-state index in [1.165, 1.54) is 12.8 Å². The Morgan fingerprint density at radius 1 is 1.29 bits per heavy atom. The fourth-order valence-electron chi connectivity index (χ4n) is 1.70. The zero-order valence-corrected chi connectivity index (χ0v) is 9.96. The van der Waals surface area contributed by atoms with E-state index >= 15 is 0 Å². The highest BCUT2D eigenvalue weighted by Gasteiger charge is 2.45. The monoisotopic (exact) mass is 220 g/mol. The quantitative estimate of drug-likeness (QED) is 0.512. The molecule has 84 valence electrons. The van der Waals surface area contributed by atoms with E-state index in [1.54, 1.807) is 0 Å². The van der Waals surface area contributed by atoms with Crippen molar-refractivity contribution < 1.29 is 14.3 Å². The van der Waals surface area contributed by atoms with E-state index in [2.05, 4.69) is 13.8 Å². The van der Waals surface area contributed by atoms with Gasteiger partial charge in [0.15, 0.2) is 0 Å². The predicted octanol–water partition coefficient (Wildman–Crippen LogP) is 2.96. The van der Waals surface area contributed by atoms with Crippen LogP contribution in [0.4, 0.5) is 0 Å². The first kappa shape index (κ1) is 12.4. The number of hydrogen-bond acceptors (Lipinski definition) is 3. The molecule has 0 radical (unpaired) electrons. The molecule has 0 bridgehead atoms. The largest absolute Gasteiger partial charge is 0.328 e. The van der Waals surface area contributed by atoms with Crippen LogP contribution in [0.1, 0.15) is 52.4 Å². The molecule has 4 heteroatoms. The Morgan fingerprint density at radius 2 is 1.93 bits per heavy atom. The first-order valence-electron chi connectivity index (χ1n) is 5.41. The second kappa shape index (κ2) is 5.41. The third-order valence-corrected chi connectivity index (χ3v) is 3.30. The van der Waals surface area contributed by atoms with Crippen molar-refractivity contribution in [3.05, 3.63) is 0 Å². The van der Waals surface area contributed by atoms with Crippen LogP contribution in [0.15, 0.2) is 0 Å². The van der Waals surface area contributed by atoms with Crippen LogP contribution in [0.5, 0.6) is 0 Å². The highest BCUT2D eigenvalue weighted by molar-refractivity contribution is 7.39. The summed E-state index contributed by atoms with van der Waals surface area (Å²) < 4.78 is 5.13. The van der Waals surface area contributed by atoms with Gasteiger partial charge < -0.3 is 14.3 Å². The molecule has 0 atom stereocenters. The van der Waals surface area contributed by atoms with E-state index in [0.717, 1.165) is 31.6 Å². The number of hydrogen-bond donors (Lipinski definition) is 2. The van der Waals surface area contributed by atoms with Crippen LogP contribution in [-0.4, -0.2) is 15.4 Å². The van der Waals surface area contributed by atoms with Crippen LogP contribution in [0.2, 0.25) is 0 Å². The van der Waals surface area contributed by atoms with Gasteiger partial charge in [0, 0.05) is 0 Å². The number of rotatable bonds is 7. The molecular weight excluding hydrogens is 199 g/mol. The fraction of sp³-hybridized carbons (Fsp3) is 1.00. The highest BCUT2D eigenvalue weighted by atomic mass is 31.2.